The summed E-state index contributed by atoms with van der Waals surface area (Å²) >= 11 is 5.88. The van der Waals surface area contributed by atoms with Crippen LogP contribution in [0.1, 0.15) is 16.7 Å². The van der Waals surface area contributed by atoms with E-state index in [-0.39, 0.29) is 5.56 Å². The average molecular weight is 262 g/mol. The number of halogens is 1. The number of hydrogen-bond donors (Lipinski definition) is 1. The molecule has 2 heterocycles. The van der Waals surface area contributed by atoms with E-state index in [4.69, 9.17) is 11.6 Å². The SMILES string of the molecule is Cc1cc2c(cc1CCl)[nH]c(=O)c1c(C)cnn12. The molecular weight excluding hydrogens is 250 g/mol. The van der Waals surface area contributed by atoms with Crippen LogP contribution in [-0.4, -0.2) is 14.6 Å². The Balaban J connectivity index is 2.55. The van der Waals surface area contributed by atoms with E-state index in [1.807, 2.05) is 26.0 Å². The largest absolute Gasteiger partial charge is 0.319 e. The number of rotatable bonds is 1. The Morgan fingerprint density at radius 1 is 1.33 bits per heavy atom. The number of nitrogens with one attached hydrogen (secondary N) is 1. The van der Waals surface area contributed by atoms with Crippen molar-refractivity contribution in [1.82, 2.24) is 14.6 Å². The van der Waals surface area contributed by atoms with Crippen molar-refractivity contribution in [2.45, 2.75) is 19.7 Å². The summed E-state index contributed by atoms with van der Waals surface area (Å²) < 4.78 is 1.69. The van der Waals surface area contributed by atoms with E-state index < -0.39 is 0 Å². The molecule has 0 saturated carbocycles. The molecule has 1 N–H and O–H groups in total. The first kappa shape index (κ1) is 11.3. The average Bonchev–Trinajstić information content (AvgIpc) is 2.73. The molecular formula is C13H12ClN3O. The van der Waals surface area contributed by atoms with Gasteiger partial charge in [-0.2, -0.15) is 5.10 Å². The number of aromatic nitrogens is 3. The van der Waals surface area contributed by atoms with E-state index in [9.17, 15) is 4.79 Å². The van der Waals surface area contributed by atoms with Gasteiger partial charge in [0.1, 0.15) is 5.52 Å². The van der Waals surface area contributed by atoms with Gasteiger partial charge in [0, 0.05) is 11.4 Å². The fourth-order valence-corrected chi connectivity index (χ4v) is 2.51. The van der Waals surface area contributed by atoms with E-state index >= 15 is 0 Å². The molecule has 3 rings (SSSR count). The van der Waals surface area contributed by atoms with Gasteiger partial charge in [0.05, 0.1) is 17.2 Å². The number of aryl methyl sites for hydroxylation is 2. The molecule has 0 spiro atoms. The summed E-state index contributed by atoms with van der Waals surface area (Å²) in [7, 11) is 0. The second-order valence-corrected chi connectivity index (χ2v) is 4.74. The van der Waals surface area contributed by atoms with Crippen molar-refractivity contribution in [3.63, 3.8) is 0 Å². The van der Waals surface area contributed by atoms with Gasteiger partial charge in [0.2, 0.25) is 0 Å². The van der Waals surface area contributed by atoms with Crippen LogP contribution in [0.15, 0.2) is 23.1 Å². The van der Waals surface area contributed by atoms with Gasteiger partial charge in [-0.3, -0.25) is 4.79 Å². The number of alkyl halides is 1. The van der Waals surface area contributed by atoms with Crippen LogP contribution in [-0.2, 0) is 5.88 Å². The quantitative estimate of drug-likeness (QED) is 0.685. The molecule has 3 aromatic rings. The molecule has 1 aromatic carbocycles. The van der Waals surface area contributed by atoms with Gasteiger partial charge in [-0.05, 0) is 37.1 Å². The summed E-state index contributed by atoms with van der Waals surface area (Å²) in [5.41, 5.74) is 5.11. The van der Waals surface area contributed by atoms with Gasteiger partial charge in [0.25, 0.3) is 5.56 Å². The highest BCUT2D eigenvalue weighted by Crippen LogP contribution is 2.20. The maximum absolute atomic E-state index is 12.0. The monoisotopic (exact) mass is 261 g/mol. The van der Waals surface area contributed by atoms with Crippen LogP contribution in [0.2, 0.25) is 0 Å². The summed E-state index contributed by atoms with van der Waals surface area (Å²) in [4.78, 5) is 14.9. The molecule has 0 aliphatic heterocycles. The highest BCUT2D eigenvalue weighted by molar-refractivity contribution is 6.17. The smallest absolute Gasteiger partial charge is 0.274 e. The Kier molecular flexibility index (Phi) is 2.41. The molecule has 0 radical (unpaired) electrons. The van der Waals surface area contributed by atoms with Gasteiger partial charge in [-0.15, -0.1) is 11.6 Å². The van der Waals surface area contributed by atoms with Crippen LogP contribution in [0.3, 0.4) is 0 Å². The highest BCUT2D eigenvalue weighted by Gasteiger charge is 2.10. The fraction of sp³-hybridized carbons (Fsp3) is 0.231. The third-order valence-electron chi connectivity index (χ3n) is 3.24. The summed E-state index contributed by atoms with van der Waals surface area (Å²) in [5, 5.41) is 4.27. The van der Waals surface area contributed by atoms with Crippen molar-refractivity contribution in [3.8, 4) is 0 Å². The predicted molar refractivity (Wildman–Crippen MR) is 72.3 cm³/mol. The van der Waals surface area contributed by atoms with E-state index in [0.717, 1.165) is 27.7 Å². The lowest BCUT2D eigenvalue weighted by atomic mass is 10.1. The van der Waals surface area contributed by atoms with Crippen LogP contribution in [0.4, 0.5) is 0 Å². The van der Waals surface area contributed by atoms with Crippen LogP contribution in [0.5, 0.6) is 0 Å². The van der Waals surface area contributed by atoms with Crippen molar-refractivity contribution in [2.24, 2.45) is 0 Å². The minimum Gasteiger partial charge on any atom is -0.319 e. The molecule has 0 atom stereocenters. The topological polar surface area (TPSA) is 50.2 Å². The second kappa shape index (κ2) is 3.85. The van der Waals surface area contributed by atoms with Gasteiger partial charge in [-0.25, -0.2) is 4.52 Å². The van der Waals surface area contributed by atoms with Crippen molar-refractivity contribution < 1.29 is 0 Å². The Hall–Kier alpha value is -1.81. The van der Waals surface area contributed by atoms with Crippen LogP contribution in [0, 0.1) is 13.8 Å². The lowest BCUT2D eigenvalue weighted by Crippen LogP contribution is -2.11. The summed E-state index contributed by atoms with van der Waals surface area (Å²) in [5.74, 6) is 0.431. The normalized spacial score (nSPS) is 11.5. The Labute approximate surface area is 108 Å². The number of aromatic amines is 1. The maximum Gasteiger partial charge on any atom is 0.274 e. The number of fused-ring (bicyclic) bond motifs is 3. The van der Waals surface area contributed by atoms with E-state index in [2.05, 4.69) is 10.1 Å². The molecule has 0 fully saturated rings. The molecule has 0 unspecified atom stereocenters. The predicted octanol–water partition coefficient (Wildman–Crippen LogP) is 2.53. The Morgan fingerprint density at radius 3 is 2.83 bits per heavy atom. The standard InChI is InChI=1S/C13H12ClN3O/c1-7-3-11-10(4-9(7)5-14)16-13(18)12-8(2)6-15-17(11)12/h3-4,6H,5H2,1-2H3,(H,16,18). The second-order valence-electron chi connectivity index (χ2n) is 4.47. The molecule has 2 aromatic heterocycles. The van der Waals surface area contributed by atoms with Gasteiger partial charge in [-0.1, -0.05) is 0 Å². The minimum atomic E-state index is -0.123. The molecule has 5 heteroatoms. The Morgan fingerprint density at radius 2 is 2.11 bits per heavy atom. The summed E-state index contributed by atoms with van der Waals surface area (Å²) in [6.07, 6.45) is 1.70. The van der Waals surface area contributed by atoms with Crippen molar-refractivity contribution >= 4 is 28.2 Å². The van der Waals surface area contributed by atoms with Crippen molar-refractivity contribution in [3.05, 3.63) is 45.4 Å². The molecule has 92 valence electrons. The third-order valence-corrected chi connectivity index (χ3v) is 3.53. The summed E-state index contributed by atoms with van der Waals surface area (Å²) in [6, 6.07) is 3.91. The number of nitrogens with zero attached hydrogens (tertiary/aromatic N) is 2. The molecule has 0 aliphatic rings. The molecule has 4 nitrogen and oxygen atoms in total. The van der Waals surface area contributed by atoms with Crippen LogP contribution < -0.4 is 5.56 Å². The minimum absolute atomic E-state index is 0.123. The lowest BCUT2D eigenvalue weighted by molar-refractivity contribution is 0.984. The van der Waals surface area contributed by atoms with E-state index in [1.165, 1.54) is 0 Å². The molecule has 18 heavy (non-hydrogen) atoms. The zero-order chi connectivity index (χ0) is 12.9. The molecule has 0 amide bonds. The van der Waals surface area contributed by atoms with Crippen molar-refractivity contribution in [1.29, 1.82) is 0 Å². The number of H-pyrrole nitrogens is 1. The van der Waals surface area contributed by atoms with Crippen LogP contribution >= 0.6 is 11.6 Å². The number of hydrogen-bond acceptors (Lipinski definition) is 2. The maximum atomic E-state index is 12.0. The lowest BCUT2D eigenvalue weighted by Gasteiger charge is -2.07. The van der Waals surface area contributed by atoms with Crippen molar-refractivity contribution in [2.75, 3.05) is 0 Å². The van der Waals surface area contributed by atoms with Gasteiger partial charge >= 0.3 is 0 Å². The molecule has 0 bridgehead atoms. The first-order valence-electron chi connectivity index (χ1n) is 5.67. The summed E-state index contributed by atoms with van der Waals surface area (Å²) in [6.45, 7) is 3.88. The first-order valence-corrected chi connectivity index (χ1v) is 6.21. The van der Waals surface area contributed by atoms with Crippen LogP contribution in [0.25, 0.3) is 16.6 Å². The van der Waals surface area contributed by atoms with Gasteiger partial charge in [0.15, 0.2) is 0 Å². The van der Waals surface area contributed by atoms with Gasteiger partial charge < -0.3 is 4.98 Å². The number of benzene rings is 1. The first-order chi connectivity index (χ1) is 8.61. The van der Waals surface area contributed by atoms with E-state index in [0.29, 0.717) is 11.4 Å². The van der Waals surface area contributed by atoms with E-state index in [1.54, 1.807) is 10.7 Å². The third kappa shape index (κ3) is 1.46. The molecule has 0 aliphatic carbocycles. The zero-order valence-electron chi connectivity index (χ0n) is 10.1. The molecule has 0 saturated heterocycles. The Bertz CT molecular complexity index is 816. The highest BCUT2D eigenvalue weighted by atomic mass is 35.5. The fourth-order valence-electron chi connectivity index (χ4n) is 2.23. The zero-order valence-corrected chi connectivity index (χ0v) is 10.9.